The molecule has 0 bridgehead atoms. The van der Waals surface area contributed by atoms with Crippen LogP contribution in [0.25, 0.3) is 0 Å². The van der Waals surface area contributed by atoms with E-state index in [1.54, 1.807) is 29.2 Å². The molecule has 1 aromatic heterocycles. The average Bonchev–Trinajstić information content (AvgIpc) is 3.32. The molecule has 2 aliphatic rings. The number of hydrogen-bond donors (Lipinski definition) is 1. The minimum atomic E-state index is -0.210. The maximum atomic E-state index is 13.1. The van der Waals surface area contributed by atoms with Gasteiger partial charge in [0.25, 0.3) is 11.8 Å². The fourth-order valence-electron chi connectivity index (χ4n) is 4.71. The van der Waals surface area contributed by atoms with E-state index in [4.69, 9.17) is 20.8 Å². The van der Waals surface area contributed by atoms with E-state index in [1.807, 2.05) is 0 Å². The number of hydrogen-bond acceptors (Lipinski definition) is 5. The Morgan fingerprint density at radius 2 is 1.70 bits per heavy atom. The largest absolute Gasteiger partial charge is 0.484 e. The number of carbonyl (C=O) groups excluding carboxylic acids is 2. The summed E-state index contributed by atoms with van der Waals surface area (Å²) in [5.74, 6) is 0.630. The minimum Gasteiger partial charge on any atom is -0.484 e. The molecule has 0 radical (unpaired) electrons. The summed E-state index contributed by atoms with van der Waals surface area (Å²) in [5, 5.41) is 3.67. The highest BCUT2D eigenvalue weighted by Crippen LogP contribution is 2.25. The Bertz CT molecular complexity index is 918. The van der Waals surface area contributed by atoms with Gasteiger partial charge >= 0.3 is 0 Å². The molecule has 1 N–H and O–H groups in total. The molecule has 2 fully saturated rings. The number of oxazole rings is 1. The van der Waals surface area contributed by atoms with Crippen LogP contribution in [0.4, 0.5) is 0 Å². The molecule has 2 aromatic rings. The van der Waals surface area contributed by atoms with Gasteiger partial charge in [-0.1, -0.05) is 50.1 Å². The van der Waals surface area contributed by atoms with Gasteiger partial charge in [0, 0.05) is 17.1 Å². The second kappa shape index (κ2) is 11.5. The number of benzene rings is 1. The van der Waals surface area contributed by atoms with Crippen molar-refractivity contribution < 1.29 is 18.7 Å². The van der Waals surface area contributed by atoms with Crippen LogP contribution in [-0.4, -0.2) is 40.4 Å². The molecule has 178 valence electrons. The van der Waals surface area contributed by atoms with Gasteiger partial charge in [0.05, 0.1) is 6.54 Å². The highest BCUT2D eigenvalue weighted by Gasteiger charge is 2.28. The van der Waals surface area contributed by atoms with Crippen molar-refractivity contribution in [1.82, 2.24) is 15.2 Å². The van der Waals surface area contributed by atoms with Crippen LogP contribution < -0.4 is 10.1 Å². The van der Waals surface area contributed by atoms with Gasteiger partial charge < -0.3 is 19.4 Å². The standard InChI is InChI=1S/C25H32ClN3O4/c26-18-11-13-21(14-12-18)32-17-24(30)29(20-9-5-2-6-10-20)15-23-28-22(16-33-23)25(31)27-19-7-3-1-4-8-19/h11-14,16,19-20H,1-10,15,17H2,(H,27,31). The zero-order chi connectivity index (χ0) is 23.0. The Kier molecular flexibility index (Phi) is 8.26. The number of amides is 2. The summed E-state index contributed by atoms with van der Waals surface area (Å²) < 4.78 is 11.3. The van der Waals surface area contributed by atoms with E-state index in [0.717, 1.165) is 51.4 Å². The predicted octanol–water partition coefficient (Wildman–Crippen LogP) is 5.13. The summed E-state index contributed by atoms with van der Waals surface area (Å²) in [6, 6.07) is 7.26. The molecule has 0 atom stereocenters. The summed E-state index contributed by atoms with van der Waals surface area (Å²) in [5.41, 5.74) is 0.268. The molecule has 1 aromatic carbocycles. The first-order valence-corrected chi connectivity index (χ1v) is 12.4. The van der Waals surface area contributed by atoms with Crippen molar-refractivity contribution in [2.75, 3.05) is 6.61 Å². The average molecular weight is 474 g/mol. The number of rotatable bonds is 8. The van der Waals surface area contributed by atoms with Gasteiger partial charge in [-0.05, 0) is 49.9 Å². The molecule has 7 nitrogen and oxygen atoms in total. The lowest BCUT2D eigenvalue weighted by Crippen LogP contribution is -2.43. The van der Waals surface area contributed by atoms with Crippen LogP contribution >= 0.6 is 11.6 Å². The molecule has 33 heavy (non-hydrogen) atoms. The van der Waals surface area contributed by atoms with E-state index < -0.39 is 0 Å². The third-order valence-electron chi connectivity index (χ3n) is 6.54. The molecule has 2 saturated carbocycles. The zero-order valence-electron chi connectivity index (χ0n) is 18.9. The van der Waals surface area contributed by atoms with Crippen LogP contribution in [0, 0.1) is 0 Å². The maximum Gasteiger partial charge on any atom is 0.273 e. The van der Waals surface area contributed by atoms with Crippen LogP contribution in [0.3, 0.4) is 0 Å². The summed E-state index contributed by atoms with van der Waals surface area (Å²) in [7, 11) is 0. The van der Waals surface area contributed by atoms with Crippen molar-refractivity contribution >= 4 is 23.4 Å². The third-order valence-corrected chi connectivity index (χ3v) is 6.79. The second-order valence-electron chi connectivity index (χ2n) is 8.99. The molecule has 1 heterocycles. The molecule has 2 aliphatic carbocycles. The van der Waals surface area contributed by atoms with Gasteiger partial charge in [0.2, 0.25) is 5.89 Å². The summed E-state index contributed by atoms with van der Waals surface area (Å²) in [6.07, 6.45) is 12.2. The van der Waals surface area contributed by atoms with E-state index >= 15 is 0 Å². The number of aromatic nitrogens is 1. The number of ether oxygens (including phenoxy) is 1. The van der Waals surface area contributed by atoms with Crippen molar-refractivity contribution in [1.29, 1.82) is 0 Å². The summed E-state index contributed by atoms with van der Waals surface area (Å²) >= 11 is 5.92. The molecule has 8 heteroatoms. The number of halogens is 1. The number of carbonyl (C=O) groups is 2. The Balaban J connectivity index is 1.39. The molecular formula is C25H32ClN3O4. The Morgan fingerprint density at radius 1 is 1.03 bits per heavy atom. The van der Waals surface area contributed by atoms with Crippen molar-refractivity contribution in [3.63, 3.8) is 0 Å². The Labute approximate surface area is 199 Å². The normalized spacial score (nSPS) is 17.5. The first-order valence-electron chi connectivity index (χ1n) is 12.0. The van der Waals surface area contributed by atoms with Crippen molar-refractivity contribution in [2.24, 2.45) is 0 Å². The lowest BCUT2D eigenvalue weighted by Gasteiger charge is -2.33. The van der Waals surface area contributed by atoms with Gasteiger partial charge in [0.1, 0.15) is 12.0 Å². The van der Waals surface area contributed by atoms with E-state index in [1.165, 1.54) is 19.1 Å². The van der Waals surface area contributed by atoms with Gasteiger partial charge in [-0.3, -0.25) is 9.59 Å². The smallest absolute Gasteiger partial charge is 0.273 e. The molecular weight excluding hydrogens is 442 g/mol. The fourth-order valence-corrected chi connectivity index (χ4v) is 4.84. The summed E-state index contributed by atoms with van der Waals surface area (Å²) in [6.45, 7) is 0.151. The number of nitrogens with one attached hydrogen (secondary N) is 1. The van der Waals surface area contributed by atoms with Crippen LogP contribution in [0.15, 0.2) is 34.9 Å². The first-order chi connectivity index (χ1) is 16.1. The van der Waals surface area contributed by atoms with Crippen molar-refractivity contribution in [3.05, 3.63) is 47.1 Å². The topological polar surface area (TPSA) is 84.7 Å². The fraction of sp³-hybridized carbons (Fsp3) is 0.560. The van der Waals surface area contributed by atoms with Gasteiger partial charge in [-0.15, -0.1) is 0 Å². The predicted molar refractivity (Wildman–Crippen MR) is 125 cm³/mol. The van der Waals surface area contributed by atoms with Gasteiger partial charge in [-0.2, -0.15) is 0 Å². The highest BCUT2D eigenvalue weighted by atomic mass is 35.5. The van der Waals surface area contributed by atoms with Crippen LogP contribution in [0.2, 0.25) is 5.02 Å². The second-order valence-corrected chi connectivity index (χ2v) is 9.43. The molecule has 0 unspecified atom stereocenters. The van der Waals surface area contributed by atoms with Gasteiger partial charge in [0.15, 0.2) is 12.3 Å². The van der Waals surface area contributed by atoms with Gasteiger partial charge in [-0.25, -0.2) is 4.98 Å². The summed E-state index contributed by atoms with van der Waals surface area (Å²) in [4.78, 5) is 31.9. The van der Waals surface area contributed by atoms with Crippen molar-refractivity contribution in [3.8, 4) is 5.75 Å². The lowest BCUT2D eigenvalue weighted by molar-refractivity contribution is -0.137. The third kappa shape index (κ3) is 6.73. The van der Waals surface area contributed by atoms with E-state index in [2.05, 4.69) is 10.3 Å². The lowest BCUT2D eigenvalue weighted by atomic mass is 9.94. The Morgan fingerprint density at radius 3 is 2.39 bits per heavy atom. The molecule has 2 amide bonds. The Hall–Kier alpha value is -2.54. The van der Waals surface area contributed by atoms with E-state index in [-0.39, 0.29) is 42.7 Å². The highest BCUT2D eigenvalue weighted by molar-refractivity contribution is 6.30. The quantitative estimate of drug-likeness (QED) is 0.574. The minimum absolute atomic E-state index is 0.0755. The number of nitrogens with zero attached hydrogens (tertiary/aromatic N) is 2. The molecule has 0 aliphatic heterocycles. The van der Waals surface area contributed by atoms with Crippen molar-refractivity contribution in [2.45, 2.75) is 82.8 Å². The maximum absolute atomic E-state index is 13.1. The van der Waals surface area contributed by atoms with Crippen LogP contribution in [0.1, 0.15) is 80.6 Å². The molecule has 0 spiro atoms. The van der Waals surface area contributed by atoms with Crippen LogP contribution in [-0.2, 0) is 11.3 Å². The molecule has 4 rings (SSSR count). The SMILES string of the molecule is O=C(NC1CCCCC1)c1coc(CN(C(=O)COc2ccc(Cl)cc2)C2CCCCC2)n1. The molecule has 0 saturated heterocycles. The van der Waals surface area contributed by atoms with E-state index in [0.29, 0.717) is 16.7 Å². The zero-order valence-corrected chi connectivity index (χ0v) is 19.7. The van der Waals surface area contributed by atoms with E-state index in [9.17, 15) is 9.59 Å². The monoisotopic (exact) mass is 473 g/mol. The first kappa shape index (κ1) is 23.6. The van der Waals surface area contributed by atoms with Crippen LogP contribution in [0.5, 0.6) is 5.75 Å².